The molecule has 4 heteroatoms. The Bertz CT molecular complexity index is 439. The van der Waals surface area contributed by atoms with E-state index in [1.165, 1.54) is 76.5 Å². The molecular formula is C21H41N4+. The first-order chi connectivity index (χ1) is 12.0. The second-order valence-corrected chi connectivity index (χ2v) is 9.29. The second-order valence-electron chi connectivity index (χ2n) is 9.29. The van der Waals surface area contributed by atoms with E-state index in [0.29, 0.717) is 12.2 Å². The van der Waals surface area contributed by atoms with E-state index in [2.05, 4.69) is 43.3 Å². The molecule has 1 saturated heterocycles. The third-order valence-corrected chi connectivity index (χ3v) is 7.01. The second kappa shape index (κ2) is 8.85. The molecule has 0 bridgehead atoms. The Morgan fingerprint density at radius 2 is 1.60 bits per heavy atom. The molecule has 0 aromatic carbocycles. The lowest BCUT2D eigenvalue weighted by Crippen LogP contribution is -3.01. The number of aliphatic imine (C=N–C) groups is 1. The van der Waals surface area contributed by atoms with Crippen molar-refractivity contribution in [2.45, 2.75) is 88.9 Å². The van der Waals surface area contributed by atoms with Gasteiger partial charge in [-0.05, 0) is 39.3 Å². The van der Waals surface area contributed by atoms with Gasteiger partial charge in [0.15, 0.2) is 0 Å². The van der Waals surface area contributed by atoms with Crippen molar-refractivity contribution in [3.63, 3.8) is 0 Å². The first-order valence-corrected chi connectivity index (χ1v) is 10.8. The smallest absolute Gasteiger partial charge is 0.144 e. The van der Waals surface area contributed by atoms with Crippen LogP contribution in [0.5, 0.6) is 0 Å². The van der Waals surface area contributed by atoms with Crippen molar-refractivity contribution < 1.29 is 5.32 Å². The summed E-state index contributed by atoms with van der Waals surface area (Å²) in [7, 11) is 8.89. The molecule has 0 spiro atoms. The maximum absolute atomic E-state index is 5.44. The first kappa shape index (κ1) is 19.2. The number of hydrogen-bond donors (Lipinski definition) is 1. The van der Waals surface area contributed by atoms with Gasteiger partial charge in [0.1, 0.15) is 6.17 Å². The molecule has 1 heterocycles. The highest BCUT2D eigenvalue weighted by Crippen LogP contribution is 2.33. The number of fused-ring (bicyclic) bond motifs is 1. The van der Waals surface area contributed by atoms with Crippen LogP contribution < -0.4 is 5.32 Å². The van der Waals surface area contributed by atoms with Crippen LogP contribution in [0.3, 0.4) is 0 Å². The minimum Gasteiger partial charge on any atom is -0.366 e. The minimum atomic E-state index is 0.531. The highest BCUT2D eigenvalue weighted by Gasteiger charge is 2.42. The van der Waals surface area contributed by atoms with Gasteiger partial charge in [-0.2, -0.15) is 0 Å². The van der Waals surface area contributed by atoms with Crippen LogP contribution in [0.15, 0.2) is 4.99 Å². The molecule has 144 valence electrons. The average Bonchev–Trinajstić information content (AvgIpc) is 2.61. The van der Waals surface area contributed by atoms with E-state index in [1.54, 1.807) is 0 Å². The zero-order chi connectivity index (χ0) is 17.8. The van der Waals surface area contributed by atoms with Gasteiger partial charge in [0.25, 0.3) is 0 Å². The molecule has 3 aliphatic rings. The van der Waals surface area contributed by atoms with Crippen molar-refractivity contribution >= 4 is 5.84 Å². The van der Waals surface area contributed by atoms with Crippen molar-refractivity contribution in [3.8, 4) is 0 Å². The predicted octanol–water partition coefficient (Wildman–Crippen LogP) is 2.70. The van der Waals surface area contributed by atoms with Crippen molar-refractivity contribution in [2.75, 3.05) is 28.2 Å². The molecule has 0 amide bonds. The van der Waals surface area contributed by atoms with Crippen molar-refractivity contribution in [1.82, 2.24) is 9.80 Å². The van der Waals surface area contributed by atoms with Crippen LogP contribution in [0.25, 0.3) is 0 Å². The minimum absolute atomic E-state index is 0.531. The van der Waals surface area contributed by atoms with E-state index >= 15 is 0 Å². The largest absolute Gasteiger partial charge is 0.366 e. The quantitative estimate of drug-likeness (QED) is 0.626. The molecule has 2 saturated carbocycles. The molecule has 0 aromatic heterocycles. The zero-order valence-corrected chi connectivity index (χ0v) is 17.1. The summed E-state index contributed by atoms with van der Waals surface area (Å²) in [6.07, 6.45) is 15.8. The molecule has 0 aromatic rings. The summed E-state index contributed by atoms with van der Waals surface area (Å²) >= 11 is 0. The van der Waals surface area contributed by atoms with Crippen LogP contribution in [0.1, 0.15) is 70.6 Å². The van der Waals surface area contributed by atoms with Gasteiger partial charge in [0, 0.05) is 32.9 Å². The third kappa shape index (κ3) is 4.97. The van der Waals surface area contributed by atoms with Crippen LogP contribution in [0.4, 0.5) is 0 Å². The van der Waals surface area contributed by atoms with E-state index in [0.717, 1.165) is 17.9 Å². The van der Waals surface area contributed by atoms with Crippen molar-refractivity contribution in [1.29, 1.82) is 0 Å². The fourth-order valence-electron chi connectivity index (χ4n) is 5.41. The van der Waals surface area contributed by atoms with Crippen molar-refractivity contribution in [2.24, 2.45) is 16.8 Å². The van der Waals surface area contributed by atoms with Gasteiger partial charge in [-0.3, -0.25) is 9.89 Å². The molecule has 2 aliphatic carbocycles. The topological polar surface area (TPSA) is 35.5 Å². The number of nitrogens with two attached hydrogens (primary N) is 1. The maximum Gasteiger partial charge on any atom is 0.144 e. The van der Waals surface area contributed by atoms with E-state index in [9.17, 15) is 0 Å². The zero-order valence-electron chi connectivity index (χ0n) is 17.1. The Balaban J connectivity index is 1.74. The summed E-state index contributed by atoms with van der Waals surface area (Å²) in [5.74, 6) is 3.05. The number of nitrogens with zero attached hydrogens (tertiary/aromatic N) is 3. The molecule has 0 radical (unpaired) electrons. The lowest BCUT2D eigenvalue weighted by Gasteiger charge is -2.43. The lowest BCUT2D eigenvalue weighted by atomic mass is 9.75. The summed E-state index contributed by atoms with van der Waals surface area (Å²) in [6, 6.07) is 1.32. The summed E-state index contributed by atoms with van der Waals surface area (Å²) in [4.78, 5) is 10.2. The Morgan fingerprint density at radius 1 is 0.920 bits per heavy atom. The molecule has 2 N–H and O–H groups in total. The standard InChI is InChI=1S/C21H40N4/c1-24(2)20(14-16-10-6-5-7-11-16)23-19-15-21(25(3)4)22-18-13-9-8-12-17(18)19/h16-19,21-22H,5-15H2,1-4H3/p+1. The Hall–Kier alpha value is -0.610. The highest BCUT2D eigenvalue weighted by molar-refractivity contribution is 5.82. The summed E-state index contributed by atoms with van der Waals surface area (Å²) in [5, 5.41) is 2.66. The SMILES string of the molecule is CN(C)C(CC1CCCCC1)=NC1CC(N(C)C)[NH2+]C2CCCCC12. The molecule has 3 fully saturated rings. The van der Waals surface area contributed by atoms with Gasteiger partial charge in [0.2, 0.25) is 0 Å². The highest BCUT2D eigenvalue weighted by atomic mass is 15.3. The summed E-state index contributed by atoms with van der Waals surface area (Å²) in [6.45, 7) is 0. The van der Waals surface area contributed by atoms with Crippen LogP contribution in [-0.4, -0.2) is 62.1 Å². The average molecular weight is 350 g/mol. The number of piperidine rings is 1. The molecule has 4 unspecified atom stereocenters. The van der Waals surface area contributed by atoms with Crippen LogP contribution in [0.2, 0.25) is 0 Å². The number of amidine groups is 1. The Labute approximate surface area is 155 Å². The van der Waals surface area contributed by atoms with Gasteiger partial charge in [-0.1, -0.05) is 38.5 Å². The Morgan fingerprint density at radius 3 is 2.28 bits per heavy atom. The van der Waals surface area contributed by atoms with Gasteiger partial charge in [0.05, 0.1) is 17.9 Å². The fraction of sp³-hybridized carbons (Fsp3) is 0.952. The summed E-state index contributed by atoms with van der Waals surface area (Å²) in [5.41, 5.74) is 0. The van der Waals surface area contributed by atoms with Gasteiger partial charge in [-0.15, -0.1) is 0 Å². The van der Waals surface area contributed by atoms with E-state index in [4.69, 9.17) is 4.99 Å². The van der Waals surface area contributed by atoms with Crippen LogP contribution in [-0.2, 0) is 0 Å². The van der Waals surface area contributed by atoms with E-state index in [-0.39, 0.29) is 0 Å². The first-order valence-electron chi connectivity index (χ1n) is 10.8. The summed E-state index contributed by atoms with van der Waals surface area (Å²) < 4.78 is 0. The van der Waals surface area contributed by atoms with E-state index in [1.807, 2.05) is 0 Å². The predicted molar refractivity (Wildman–Crippen MR) is 106 cm³/mol. The fourth-order valence-corrected chi connectivity index (χ4v) is 5.41. The van der Waals surface area contributed by atoms with Crippen LogP contribution in [0, 0.1) is 11.8 Å². The number of quaternary nitrogens is 1. The lowest BCUT2D eigenvalue weighted by molar-refractivity contribution is -0.755. The number of hydrogen-bond acceptors (Lipinski definition) is 2. The normalized spacial score (nSPS) is 34.8. The molecule has 4 atom stereocenters. The molecule has 1 aliphatic heterocycles. The molecule has 4 nitrogen and oxygen atoms in total. The van der Waals surface area contributed by atoms with Gasteiger partial charge >= 0.3 is 0 Å². The van der Waals surface area contributed by atoms with E-state index < -0.39 is 0 Å². The van der Waals surface area contributed by atoms with Gasteiger partial charge < -0.3 is 10.2 Å². The molecular weight excluding hydrogens is 308 g/mol. The maximum atomic E-state index is 5.44. The monoisotopic (exact) mass is 349 g/mol. The third-order valence-electron chi connectivity index (χ3n) is 7.01. The van der Waals surface area contributed by atoms with Crippen LogP contribution >= 0.6 is 0 Å². The molecule has 25 heavy (non-hydrogen) atoms. The molecule has 3 rings (SSSR count). The Kier molecular flexibility index (Phi) is 6.79. The van der Waals surface area contributed by atoms with Gasteiger partial charge in [-0.25, -0.2) is 0 Å². The number of rotatable bonds is 4. The van der Waals surface area contributed by atoms with Crippen molar-refractivity contribution in [3.05, 3.63) is 0 Å².